The molecule has 1 unspecified atom stereocenters. The normalized spacial score (nSPS) is 17.1. The van der Waals surface area contributed by atoms with Crippen LogP contribution in [0.1, 0.15) is 22.3 Å². The van der Waals surface area contributed by atoms with Crippen molar-refractivity contribution in [3.8, 4) is 5.75 Å². The number of hydrogen-bond acceptors (Lipinski definition) is 2. The van der Waals surface area contributed by atoms with Crippen molar-refractivity contribution < 1.29 is 13.9 Å². The maximum atomic E-state index is 14.3. The zero-order chi connectivity index (χ0) is 17.1. The van der Waals surface area contributed by atoms with Crippen molar-refractivity contribution in [3.63, 3.8) is 0 Å². The third-order valence-corrected chi connectivity index (χ3v) is 4.68. The summed E-state index contributed by atoms with van der Waals surface area (Å²) in [6.07, 6.45) is 1.81. The monoisotopic (exact) mass is 347 g/mol. The second kappa shape index (κ2) is 7.22. The second-order valence-corrected chi connectivity index (χ2v) is 6.49. The summed E-state index contributed by atoms with van der Waals surface area (Å²) >= 11 is 5.90. The molecule has 3 nitrogen and oxygen atoms in total. The summed E-state index contributed by atoms with van der Waals surface area (Å²) in [5.74, 6) is -0.391. The van der Waals surface area contributed by atoms with Crippen molar-refractivity contribution in [1.82, 2.24) is 4.90 Å². The van der Waals surface area contributed by atoms with Crippen molar-refractivity contribution >= 4 is 17.5 Å². The zero-order valence-corrected chi connectivity index (χ0v) is 14.2. The molecule has 3 rings (SSSR count). The Morgan fingerprint density at radius 2 is 2.04 bits per heavy atom. The lowest BCUT2D eigenvalue weighted by molar-refractivity contribution is 0.0781. The van der Waals surface area contributed by atoms with Gasteiger partial charge < -0.3 is 9.64 Å². The largest absolute Gasteiger partial charge is 0.494 e. The van der Waals surface area contributed by atoms with Crippen LogP contribution in [-0.4, -0.2) is 31.0 Å². The maximum absolute atomic E-state index is 14.3. The average Bonchev–Trinajstić information content (AvgIpc) is 3.05. The number of carbonyl (C=O) groups excluding carboxylic acids is 1. The number of carbonyl (C=O) groups is 1. The average molecular weight is 348 g/mol. The Balaban J connectivity index is 1.67. The van der Waals surface area contributed by atoms with Gasteiger partial charge in [0.25, 0.3) is 5.91 Å². The Hall–Kier alpha value is -2.07. The lowest BCUT2D eigenvalue weighted by atomic mass is 9.99. The number of hydrogen-bond donors (Lipinski definition) is 0. The van der Waals surface area contributed by atoms with Crippen LogP contribution < -0.4 is 4.74 Å². The quantitative estimate of drug-likeness (QED) is 0.829. The van der Waals surface area contributed by atoms with Gasteiger partial charge >= 0.3 is 0 Å². The first-order valence-corrected chi connectivity index (χ1v) is 8.32. The molecule has 1 aliphatic rings. The van der Waals surface area contributed by atoms with E-state index in [1.165, 1.54) is 24.8 Å². The molecule has 1 heterocycles. The lowest BCUT2D eigenvalue weighted by Crippen LogP contribution is -2.29. The van der Waals surface area contributed by atoms with E-state index in [0.717, 1.165) is 17.9 Å². The first kappa shape index (κ1) is 16.8. The van der Waals surface area contributed by atoms with Crippen LogP contribution in [0, 0.1) is 11.7 Å². The second-order valence-electron chi connectivity index (χ2n) is 6.06. The fraction of sp³-hybridized carbons (Fsp3) is 0.316. The molecule has 126 valence electrons. The van der Waals surface area contributed by atoms with E-state index in [-0.39, 0.29) is 17.2 Å². The molecule has 0 bridgehead atoms. The van der Waals surface area contributed by atoms with Gasteiger partial charge in [-0.1, -0.05) is 29.8 Å². The number of nitrogens with zero attached hydrogens (tertiary/aromatic N) is 1. The molecule has 24 heavy (non-hydrogen) atoms. The molecule has 0 aliphatic carbocycles. The molecular weight excluding hydrogens is 329 g/mol. The Bertz CT molecular complexity index is 733. The molecular formula is C19H19ClFNO2. The first-order valence-electron chi connectivity index (χ1n) is 7.94. The van der Waals surface area contributed by atoms with E-state index >= 15 is 0 Å². The van der Waals surface area contributed by atoms with E-state index in [0.29, 0.717) is 19.0 Å². The van der Waals surface area contributed by atoms with Crippen LogP contribution in [0.5, 0.6) is 5.75 Å². The molecule has 1 fully saturated rings. The van der Waals surface area contributed by atoms with E-state index in [4.69, 9.17) is 16.3 Å². The molecule has 0 aromatic heterocycles. The number of benzene rings is 2. The minimum absolute atomic E-state index is 0.0708. The Labute approximate surface area is 146 Å². The third-order valence-electron chi connectivity index (χ3n) is 4.42. The Morgan fingerprint density at radius 3 is 2.75 bits per heavy atom. The molecule has 1 atom stereocenters. The highest BCUT2D eigenvalue weighted by Crippen LogP contribution is 2.26. The van der Waals surface area contributed by atoms with Gasteiger partial charge in [-0.25, -0.2) is 4.39 Å². The summed E-state index contributed by atoms with van der Waals surface area (Å²) in [4.78, 5) is 14.3. The van der Waals surface area contributed by atoms with Crippen molar-refractivity contribution in [3.05, 3.63) is 64.4 Å². The minimum atomic E-state index is -0.592. The number of methoxy groups -OCH3 is 1. The fourth-order valence-corrected chi connectivity index (χ4v) is 3.27. The highest BCUT2D eigenvalue weighted by atomic mass is 35.5. The van der Waals surface area contributed by atoms with Crippen LogP contribution in [0.3, 0.4) is 0 Å². The van der Waals surface area contributed by atoms with Crippen LogP contribution in [0.2, 0.25) is 5.02 Å². The first-order chi connectivity index (χ1) is 11.6. The van der Waals surface area contributed by atoms with E-state index in [1.54, 1.807) is 11.0 Å². The molecule has 0 N–H and O–H groups in total. The van der Waals surface area contributed by atoms with Gasteiger partial charge in [-0.2, -0.15) is 0 Å². The number of ether oxygens (including phenoxy) is 1. The van der Waals surface area contributed by atoms with Crippen molar-refractivity contribution in [2.24, 2.45) is 5.92 Å². The van der Waals surface area contributed by atoms with Gasteiger partial charge in [0.1, 0.15) is 0 Å². The molecule has 1 aliphatic heterocycles. The number of amides is 1. The third kappa shape index (κ3) is 3.54. The lowest BCUT2D eigenvalue weighted by Gasteiger charge is -2.17. The molecule has 2 aromatic rings. The number of rotatable bonds is 4. The predicted octanol–water partition coefficient (Wildman–Crippen LogP) is 4.19. The summed E-state index contributed by atoms with van der Waals surface area (Å²) < 4.78 is 19.2. The van der Waals surface area contributed by atoms with Gasteiger partial charge in [0, 0.05) is 18.1 Å². The molecule has 1 amide bonds. The highest BCUT2D eigenvalue weighted by molar-refractivity contribution is 6.30. The Kier molecular flexibility index (Phi) is 5.05. The van der Waals surface area contributed by atoms with Crippen LogP contribution >= 0.6 is 11.6 Å². The van der Waals surface area contributed by atoms with Gasteiger partial charge in [0.15, 0.2) is 11.6 Å². The van der Waals surface area contributed by atoms with Gasteiger partial charge in [0.05, 0.1) is 12.7 Å². The van der Waals surface area contributed by atoms with Gasteiger partial charge in [-0.3, -0.25) is 4.79 Å². The summed E-state index contributed by atoms with van der Waals surface area (Å²) in [6.45, 7) is 1.28. The molecule has 2 aromatic carbocycles. The molecule has 0 radical (unpaired) electrons. The standard InChI is InChI=1S/C19H19ClFNO2/c1-24-17-4-2-3-16(18(17)21)19(23)22-10-9-14(12-22)11-13-5-7-15(20)8-6-13/h2-8,14H,9-12H2,1H3. The van der Waals surface area contributed by atoms with E-state index in [1.807, 2.05) is 24.3 Å². The summed E-state index contributed by atoms with van der Waals surface area (Å²) in [5.41, 5.74) is 1.27. The highest BCUT2D eigenvalue weighted by Gasteiger charge is 2.29. The summed E-state index contributed by atoms with van der Waals surface area (Å²) in [7, 11) is 1.39. The SMILES string of the molecule is COc1cccc(C(=O)N2CCC(Cc3ccc(Cl)cc3)C2)c1F. The fourth-order valence-electron chi connectivity index (χ4n) is 3.14. The van der Waals surface area contributed by atoms with Crippen LogP contribution in [0.4, 0.5) is 4.39 Å². The molecule has 0 saturated carbocycles. The van der Waals surface area contributed by atoms with Crippen molar-refractivity contribution in [2.75, 3.05) is 20.2 Å². The van der Waals surface area contributed by atoms with Crippen molar-refractivity contribution in [2.45, 2.75) is 12.8 Å². The van der Waals surface area contributed by atoms with Gasteiger partial charge in [-0.05, 0) is 48.6 Å². The molecule has 0 spiro atoms. The summed E-state index contributed by atoms with van der Waals surface area (Å²) in [6, 6.07) is 12.4. The zero-order valence-electron chi connectivity index (χ0n) is 13.5. The molecule has 1 saturated heterocycles. The number of halogens is 2. The van der Waals surface area contributed by atoms with Crippen LogP contribution in [0.25, 0.3) is 0 Å². The maximum Gasteiger partial charge on any atom is 0.256 e. The smallest absolute Gasteiger partial charge is 0.256 e. The minimum Gasteiger partial charge on any atom is -0.494 e. The molecule has 5 heteroatoms. The predicted molar refractivity (Wildman–Crippen MR) is 92.1 cm³/mol. The van der Waals surface area contributed by atoms with E-state index in [2.05, 4.69) is 0 Å². The van der Waals surface area contributed by atoms with Crippen LogP contribution in [0.15, 0.2) is 42.5 Å². The summed E-state index contributed by atoms with van der Waals surface area (Å²) in [5, 5.41) is 0.718. The van der Waals surface area contributed by atoms with Crippen LogP contribution in [-0.2, 0) is 6.42 Å². The van der Waals surface area contributed by atoms with Gasteiger partial charge in [-0.15, -0.1) is 0 Å². The number of likely N-dealkylation sites (tertiary alicyclic amines) is 1. The van der Waals surface area contributed by atoms with Crippen molar-refractivity contribution in [1.29, 1.82) is 0 Å². The topological polar surface area (TPSA) is 29.5 Å². The van der Waals surface area contributed by atoms with E-state index < -0.39 is 5.82 Å². The Morgan fingerprint density at radius 1 is 1.29 bits per heavy atom. The van der Waals surface area contributed by atoms with E-state index in [9.17, 15) is 9.18 Å². The van der Waals surface area contributed by atoms with Gasteiger partial charge in [0.2, 0.25) is 0 Å².